The minimum atomic E-state index is -0.860. The van der Waals surface area contributed by atoms with E-state index in [0.717, 1.165) is 45.4 Å². The van der Waals surface area contributed by atoms with Crippen molar-refractivity contribution < 1.29 is 20.4 Å². The third kappa shape index (κ3) is 4.97. The summed E-state index contributed by atoms with van der Waals surface area (Å²) in [5, 5.41) is 53.6. The van der Waals surface area contributed by atoms with Crippen LogP contribution in [0.2, 0.25) is 0 Å². The van der Waals surface area contributed by atoms with Crippen LogP contribution in [0.1, 0.15) is 39.5 Å². The normalized spacial score (nSPS) is 14.7. The molecule has 5 N–H and O–H groups in total. The molecular weight excluding hydrogens is 683 g/mol. The largest absolute Gasteiger partial charge is 0.504 e. The minimum Gasteiger partial charge on any atom is -0.504 e. The van der Waals surface area contributed by atoms with Gasteiger partial charge < -0.3 is 25.7 Å². The zero-order valence-corrected chi connectivity index (χ0v) is 29.5. The number of aromatic hydroxyl groups is 4. The zero-order chi connectivity index (χ0) is 37.4. The van der Waals surface area contributed by atoms with Gasteiger partial charge in [0.2, 0.25) is 11.5 Å². The molecule has 1 heterocycles. The molecule has 0 saturated carbocycles. The Morgan fingerprint density at radius 2 is 1.16 bits per heavy atom. The summed E-state index contributed by atoms with van der Waals surface area (Å²) >= 11 is 0. The van der Waals surface area contributed by atoms with E-state index in [9.17, 15) is 20.4 Å². The lowest BCUT2D eigenvalue weighted by molar-refractivity contribution is 0.345. The van der Waals surface area contributed by atoms with Crippen molar-refractivity contribution in [2.45, 2.75) is 12.6 Å². The van der Waals surface area contributed by atoms with Crippen molar-refractivity contribution in [3.05, 3.63) is 173 Å². The van der Waals surface area contributed by atoms with Gasteiger partial charge in [0, 0.05) is 16.7 Å². The Hall–Kier alpha value is -7.38. The molecule has 7 nitrogen and oxygen atoms in total. The summed E-state index contributed by atoms with van der Waals surface area (Å²) in [4.78, 5) is 9.84. The summed E-state index contributed by atoms with van der Waals surface area (Å²) in [5.74, 6) is -2.42. The van der Waals surface area contributed by atoms with Crippen LogP contribution < -0.4 is 5.32 Å². The second-order valence-electron chi connectivity index (χ2n) is 14.0. The molecular formula is C48H33N3O4. The van der Waals surface area contributed by atoms with Crippen molar-refractivity contribution in [1.29, 1.82) is 0 Å². The van der Waals surface area contributed by atoms with E-state index in [1.807, 2.05) is 42.5 Å². The Balaban J connectivity index is 1.08. The van der Waals surface area contributed by atoms with E-state index in [4.69, 9.17) is 9.98 Å². The highest BCUT2D eigenvalue weighted by Crippen LogP contribution is 2.49. The molecule has 0 fully saturated rings. The van der Waals surface area contributed by atoms with E-state index in [0.29, 0.717) is 5.84 Å². The first kappa shape index (κ1) is 32.3. The molecule has 0 saturated heterocycles. The van der Waals surface area contributed by atoms with E-state index >= 15 is 0 Å². The van der Waals surface area contributed by atoms with Gasteiger partial charge in [-0.05, 0) is 78.2 Å². The highest BCUT2D eigenvalue weighted by atomic mass is 16.3. The third-order valence-electron chi connectivity index (χ3n) is 11.0. The van der Waals surface area contributed by atoms with Crippen LogP contribution in [-0.4, -0.2) is 32.1 Å². The quantitative estimate of drug-likeness (QED) is 0.0691. The average Bonchev–Trinajstić information content (AvgIpc) is 3.62. The molecule has 0 amide bonds. The summed E-state index contributed by atoms with van der Waals surface area (Å²) in [6.45, 7) is 3.78. The Morgan fingerprint density at radius 3 is 1.87 bits per heavy atom. The molecule has 1 unspecified atom stereocenters. The maximum atomic E-state index is 11.1. The number of phenols is 4. The summed E-state index contributed by atoms with van der Waals surface area (Å²) in [7, 11) is 0. The SMILES string of the molecule is C=Cc1c(O)c(O)c(O)c(O)c1C1=NC(c2ccccc2)=NC(c2cccc3c2-c2ccc(-c4ccc5c6ccccc6c6ccccc6c5c4)cc2C3)N1. The van der Waals surface area contributed by atoms with Gasteiger partial charge in [-0.3, -0.25) is 0 Å². The highest BCUT2D eigenvalue weighted by molar-refractivity contribution is 6.25. The summed E-state index contributed by atoms with van der Waals surface area (Å²) in [5.41, 5.74) is 8.50. The fourth-order valence-electron chi connectivity index (χ4n) is 8.39. The van der Waals surface area contributed by atoms with Crippen molar-refractivity contribution in [1.82, 2.24) is 5.32 Å². The summed E-state index contributed by atoms with van der Waals surface area (Å²) in [6.07, 6.45) is 1.38. The lowest BCUT2D eigenvalue weighted by atomic mass is 9.91. The number of benzene rings is 8. The maximum Gasteiger partial charge on any atom is 0.205 e. The van der Waals surface area contributed by atoms with Crippen molar-refractivity contribution in [3.8, 4) is 45.3 Å². The first-order valence-corrected chi connectivity index (χ1v) is 18.1. The third-order valence-corrected chi connectivity index (χ3v) is 11.0. The van der Waals surface area contributed by atoms with Crippen molar-refractivity contribution >= 4 is 50.1 Å². The molecule has 0 aromatic heterocycles. The Kier molecular flexibility index (Phi) is 7.25. The smallest absolute Gasteiger partial charge is 0.205 e. The number of rotatable bonds is 5. The van der Waals surface area contributed by atoms with Crippen LogP contribution in [0.5, 0.6) is 23.0 Å². The Labute approximate surface area is 316 Å². The summed E-state index contributed by atoms with van der Waals surface area (Å²) in [6, 6.07) is 46.4. The molecule has 7 heteroatoms. The van der Waals surface area contributed by atoms with E-state index in [2.05, 4.69) is 103 Å². The van der Waals surface area contributed by atoms with E-state index in [1.54, 1.807) is 0 Å². The number of fused-ring (bicyclic) bond motifs is 9. The first-order valence-electron chi connectivity index (χ1n) is 18.1. The number of nitrogens with one attached hydrogen (secondary N) is 1. The topological polar surface area (TPSA) is 118 Å². The Morgan fingerprint density at radius 1 is 0.545 bits per heavy atom. The van der Waals surface area contributed by atoms with Crippen molar-refractivity contribution in [2.24, 2.45) is 9.98 Å². The molecule has 55 heavy (non-hydrogen) atoms. The lowest BCUT2D eigenvalue weighted by Gasteiger charge is -2.27. The van der Waals surface area contributed by atoms with Crippen molar-refractivity contribution in [3.63, 3.8) is 0 Å². The van der Waals surface area contributed by atoms with Crippen LogP contribution in [0, 0.1) is 0 Å². The van der Waals surface area contributed by atoms with E-state index in [1.165, 1.54) is 44.0 Å². The minimum absolute atomic E-state index is 0.00934. The second-order valence-corrected chi connectivity index (χ2v) is 14.0. The second kappa shape index (κ2) is 12.4. The molecule has 0 spiro atoms. The Bertz CT molecular complexity index is 2970. The fourth-order valence-corrected chi connectivity index (χ4v) is 8.39. The molecule has 1 atom stereocenters. The fraction of sp³-hybridized carbons (Fsp3) is 0.0417. The molecule has 2 aliphatic rings. The van der Waals surface area contributed by atoms with Gasteiger partial charge in [-0.25, -0.2) is 9.98 Å². The molecule has 264 valence electrons. The number of phenolic OH excluding ortho intramolecular Hbond substituents is 4. The number of nitrogens with zero attached hydrogens (tertiary/aromatic N) is 2. The van der Waals surface area contributed by atoms with E-state index in [-0.39, 0.29) is 17.0 Å². The van der Waals surface area contributed by atoms with Crippen LogP contribution in [0.3, 0.4) is 0 Å². The van der Waals surface area contributed by atoms with Gasteiger partial charge in [0.25, 0.3) is 0 Å². The van der Waals surface area contributed by atoms with E-state index < -0.39 is 29.2 Å². The molecule has 0 bridgehead atoms. The standard InChI is InChI=1S/C48H33N3O4/c1-2-31-41(43(53)45(55)44(54)42(31)52)48-50-46(26-11-4-3-5-12-26)49-47(51-48)38-18-10-13-29-24-30-23-27(19-21-32(30)40(29)38)28-20-22-37-35-16-7-6-14-33(35)34-15-8-9-17-36(34)39(37)25-28/h2-23,25,47,52-55H,1,24H2,(H,49,50,51). The summed E-state index contributed by atoms with van der Waals surface area (Å²) < 4.78 is 0. The molecule has 1 aliphatic carbocycles. The average molecular weight is 716 g/mol. The molecule has 8 aromatic carbocycles. The zero-order valence-electron chi connectivity index (χ0n) is 29.5. The maximum absolute atomic E-state index is 11.1. The first-order chi connectivity index (χ1) is 26.9. The van der Waals surface area contributed by atoms with Crippen LogP contribution in [0.4, 0.5) is 0 Å². The van der Waals surface area contributed by atoms with Crippen LogP contribution in [0.25, 0.3) is 60.6 Å². The molecule has 1 aliphatic heterocycles. The molecule has 10 rings (SSSR count). The van der Waals surface area contributed by atoms with Gasteiger partial charge >= 0.3 is 0 Å². The van der Waals surface area contributed by atoms with Gasteiger partial charge in [-0.1, -0.05) is 140 Å². The van der Waals surface area contributed by atoms with Crippen LogP contribution in [-0.2, 0) is 6.42 Å². The van der Waals surface area contributed by atoms with Crippen molar-refractivity contribution in [2.75, 3.05) is 0 Å². The number of hydrogen-bond donors (Lipinski definition) is 5. The van der Waals surface area contributed by atoms with Gasteiger partial charge in [0.05, 0.1) is 5.56 Å². The number of aliphatic imine (C=N–C) groups is 2. The molecule has 8 aromatic rings. The van der Waals surface area contributed by atoms with Gasteiger partial charge in [0.1, 0.15) is 12.0 Å². The van der Waals surface area contributed by atoms with Gasteiger partial charge in [-0.2, -0.15) is 0 Å². The van der Waals surface area contributed by atoms with Crippen LogP contribution >= 0.6 is 0 Å². The number of amidine groups is 2. The lowest BCUT2D eigenvalue weighted by Crippen LogP contribution is -2.34. The van der Waals surface area contributed by atoms with Gasteiger partial charge in [-0.15, -0.1) is 0 Å². The predicted molar refractivity (Wildman–Crippen MR) is 221 cm³/mol. The molecule has 0 radical (unpaired) electrons. The highest BCUT2D eigenvalue weighted by Gasteiger charge is 2.32. The monoisotopic (exact) mass is 715 g/mol. The van der Waals surface area contributed by atoms with Gasteiger partial charge in [0.15, 0.2) is 17.3 Å². The number of hydrogen-bond acceptors (Lipinski definition) is 7. The predicted octanol–water partition coefficient (Wildman–Crippen LogP) is 10.3. The van der Waals surface area contributed by atoms with Crippen LogP contribution in [0.15, 0.2) is 150 Å².